The summed E-state index contributed by atoms with van der Waals surface area (Å²) in [5.74, 6) is 1.38. The van der Waals surface area contributed by atoms with E-state index in [1.54, 1.807) is 0 Å². The van der Waals surface area contributed by atoms with Crippen LogP contribution in [0, 0.1) is 0 Å². The molecule has 0 aliphatic carbocycles. The number of thioether (sulfide) groups is 1. The van der Waals surface area contributed by atoms with Crippen molar-refractivity contribution in [2.45, 2.75) is 30.5 Å². The van der Waals surface area contributed by atoms with E-state index in [4.69, 9.17) is 9.47 Å². The molecule has 2 rings (SSSR count). The van der Waals surface area contributed by atoms with Gasteiger partial charge in [0.2, 0.25) is 5.88 Å². The molecule has 0 bridgehead atoms. The summed E-state index contributed by atoms with van der Waals surface area (Å²) >= 11 is 1.50. The molecule has 0 spiro atoms. The third kappa shape index (κ3) is 3.74. The number of anilines is 1. The van der Waals surface area contributed by atoms with E-state index in [0.29, 0.717) is 17.6 Å². The number of ether oxygens (including phenoxy) is 2. The molecule has 1 aliphatic heterocycles. The zero-order valence-corrected chi connectivity index (χ0v) is 11.6. The number of rotatable bonds is 5. The van der Waals surface area contributed by atoms with Gasteiger partial charge in [-0.25, -0.2) is 4.98 Å². The van der Waals surface area contributed by atoms with Gasteiger partial charge in [-0.2, -0.15) is 4.98 Å². The van der Waals surface area contributed by atoms with E-state index in [2.05, 4.69) is 15.3 Å². The monoisotopic (exact) mass is 269 g/mol. The van der Waals surface area contributed by atoms with Crippen LogP contribution in [0.25, 0.3) is 0 Å². The molecule has 18 heavy (non-hydrogen) atoms. The number of hydrogen-bond acceptors (Lipinski definition) is 6. The van der Waals surface area contributed by atoms with Gasteiger partial charge in [0.15, 0.2) is 5.16 Å². The molecule has 1 fully saturated rings. The molecule has 0 radical (unpaired) electrons. The van der Waals surface area contributed by atoms with Gasteiger partial charge in [-0.3, -0.25) is 0 Å². The summed E-state index contributed by atoms with van der Waals surface area (Å²) in [7, 11) is 1.83. The lowest BCUT2D eigenvalue weighted by atomic mass is 10.1. The fourth-order valence-electron chi connectivity index (χ4n) is 1.81. The topological polar surface area (TPSA) is 56.3 Å². The Morgan fingerprint density at radius 3 is 3.06 bits per heavy atom. The van der Waals surface area contributed by atoms with Crippen molar-refractivity contribution in [3.8, 4) is 5.88 Å². The molecular weight excluding hydrogens is 250 g/mol. The molecule has 1 aliphatic rings. The molecule has 0 saturated carbocycles. The van der Waals surface area contributed by atoms with E-state index in [1.807, 2.05) is 19.4 Å². The molecule has 1 N–H and O–H groups in total. The van der Waals surface area contributed by atoms with Crippen LogP contribution in [0.4, 0.5) is 5.82 Å². The Morgan fingerprint density at radius 1 is 1.50 bits per heavy atom. The number of hydrogen-bond donors (Lipinski definition) is 1. The van der Waals surface area contributed by atoms with Crippen LogP contribution in [0.5, 0.6) is 5.88 Å². The van der Waals surface area contributed by atoms with E-state index in [1.165, 1.54) is 18.2 Å². The highest BCUT2D eigenvalue weighted by atomic mass is 32.2. The lowest BCUT2D eigenvalue weighted by Crippen LogP contribution is -2.26. The molecule has 1 atom stereocenters. The highest BCUT2D eigenvalue weighted by Crippen LogP contribution is 2.20. The first-order valence-electron chi connectivity index (χ1n) is 6.17. The lowest BCUT2D eigenvalue weighted by molar-refractivity contribution is -0.0120. The zero-order chi connectivity index (χ0) is 12.8. The molecule has 1 unspecified atom stereocenters. The van der Waals surface area contributed by atoms with Crippen LogP contribution in [0.1, 0.15) is 19.3 Å². The molecule has 1 aromatic rings. The Labute approximate surface area is 112 Å². The van der Waals surface area contributed by atoms with Crippen LogP contribution in [-0.2, 0) is 4.74 Å². The quantitative estimate of drug-likeness (QED) is 0.653. The van der Waals surface area contributed by atoms with Crippen molar-refractivity contribution >= 4 is 17.6 Å². The van der Waals surface area contributed by atoms with Crippen molar-refractivity contribution in [2.75, 3.05) is 31.8 Å². The van der Waals surface area contributed by atoms with Gasteiger partial charge in [-0.05, 0) is 25.5 Å². The minimum absolute atomic E-state index is 0.199. The summed E-state index contributed by atoms with van der Waals surface area (Å²) in [6.07, 6.45) is 5.59. The Kier molecular flexibility index (Phi) is 5.07. The zero-order valence-electron chi connectivity index (χ0n) is 10.8. The lowest BCUT2D eigenvalue weighted by Gasteiger charge is -2.22. The van der Waals surface area contributed by atoms with Gasteiger partial charge in [0.25, 0.3) is 0 Å². The van der Waals surface area contributed by atoms with E-state index in [-0.39, 0.29) is 6.10 Å². The van der Waals surface area contributed by atoms with E-state index in [0.717, 1.165) is 25.3 Å². The molecule has 1 aromatic heterocycles. The second-order valence-corrected chi connectivity index (χ2v) is 4.90. The van der Waals surface area contributed by atoms with Crippen LogP contribution >= 0.6 is 11.8 Å². The van der Waals surface area contributed by atoms with Gasteiger partial charge in [0.05, 0.1) is 6.10 Å². The number of aromatic nitrogens is 2. The first kappa shape index (κ1) is 13.4. The highest BCUT2D eigenvalue weighted by molar-refractivity contribution is 7.98. The van der Waals surface area contributed by atoms with Crippen molar-refractivity contribution in [2.24, 2.45) is 0 Å². The summed E-state index contributed by atoms with van der Waals surface area (Å²) in [4.78, 5) is 8.61. The standard InChI is InChI=1S/C12H19N3O2S/c1-13-10-7-11(15-12(14-10)18-2)17-8-9-5-3-4-6-16-9/h7,9H,3-6,8H2,1-2H3,(H,13,14,15). The molecule has 100 valence electrons. The summed E-state index contributed by atoms with van der Waals surface area (Å²) in [5, 5.41) is 3.71. The summed E-state index contributed by atoms with van der Waals surface area (Å²) in [6.45, 7) is 1.41. The van der Waals surface area contributed by atoms with Crippen LogP contribution in [0.3, 0.4) is 0 Å². The predicted molar refractivity (Wildman–Crippen MR) is 72.4 cm³/mol. The van der Waals surface area contributed by atoms with E-state index < -0.39 is 0 Å². The first-order chi connectivity index (χ1) is 8.81. The summed E-state index contributed by atoms with van der Waals surface area (Å²) in [5.41, 5.74) is 0. The second kappa shape index (κ2) is 6.80. The van der Waals surface area contributed by atoms with Gasteiger partial charge >= 0.3 is 0 Å². The van der Waals surface area contributed by atoms with Gasteiger partial charge in [-0.1, -0.05) is 11.8 Å². The fourth-order valence-corrected chi connectivity index (χ4v) is 2.19. The smallest absolute Gasteiger partial charge is 0.219 e. The molecule has 6 heteroatoms. The summed E-state index contributed by atoms with van der Waals surface area (Å²) in [6, 6.07) is 1.81. The third-order valence-electron chi connectivity index (χ3n) is 2.81. The van der Waals surface area contributed by atoms with Crippen LogP contribution < -0.4 is 10.1 Å². The number of nitrogens with zero attached hydrogens (tertiary/aromatic N) is 2. The normalized spacial score (nSPS) is 19.6. The minimum atomic E-state index is 0.199. The van der Waals surface area contributed by atoms with Crippen LogP contribution in [0.2, 0.25) is 0 Å². The molecule has 2 heterocycles. The summed E-state index contributed by atoms with van der Waals surface area (Å²) < 4.78 is 11.3. The van der Waals surface area contributed by atoms with Crippen LogP contribution in [-0.4, -0.2) is 42.6 Å². The first-order valence-corrected chi connectivity index (χ1v) is 7.39. The van der Waals surface area contributed by atoms with Crippen molar-refractivity contribution in [3.63, 3.8) is 0 Å². The second-order valence-electron chi connectivity index (χ2n) is 4.13. The minimum Gasteiger partial charge on any atom is -0.475 e. The third-order valence-corrected chi connectivity index (χ3v) is 3.36. The average molecular weight is 269 g/mol. The van der Waals surface area contributed by atoms with Gasteiger partial charge in [0.1, 0.15) is 12.4 Å². The van der Waals surface area contributed by atoms with Crippen molar-refractivity contribution in [3.05, 3.63) is 6.07 Å². The van der Waals surface area contributed by atoms with Gasteiger partial charge in [-0.15, -0.1) is 0 Å². The van der Waals surface area contributed by atoms with Gasteiger partial charge < -0.3 is 14.8 Å². The Bertz CT molecular complexity index is 361. The molecule has 0 amide bonds. The maximum atomic E-state index is 5.70. The predicted octanol–water partition coefficient (Wildman–Crippen LogP) is 2.19. The van der Waals surface area contributed by atoms with Crippen molar-refractivity contribution < 1.29 is 9.47 Å². The van der Waals surface area contributed by atoms with E-state index in [9.17, 15) is 0 Å². The highest BCUT2D eigenvalue weighted by Gasteiger charge is 2.15. The maximum absolute atomic E-state index is 5.70. The van der Waals surface area contributed by atoms with Crippen molar-refractivity contribution in [1.82, 2.24) is 9.97 Å². The van der Waals surface area contributed by atoms with E-state index >= 15 is 0 Å². The Morgan fingerprint density at radius 2 is 2.39 bits per heavy atom. The molecule has 0 aromatic carbocycles. The Hall–Kier alpha value is -1.01. The van der Waals surface area contributed by atoms with Gasteiger partial charge in [0, 0.05) is 19.7 Å². The Balaban J connectivity index is 1.94. The average Bonchev–Trinajstić information content (AvgIpc) is 2.45. The molecular formula is C12H19N3O2S. The molecule has 5 nitrogen and oxygen atoms in total. The number of nitrogens with one attached hydrogen (secondary N) is 1. The SMILES string of the molecule is CNc1cc(OCC2CCCCO2)nc(SC)n1. The van der Waals surface area contributed by atoms with Crippen molar-refractivity contribution in [1.29, 1.82) is 0 Å². The molecule has 1 saturated heterocycles. The fraction of sp³-hybridized carbons (Fsp3) is 0.667. The van der Waals surface area contributed by atoms with Crippen LogP contribution in [0.15, 0.2) is 11.2 Å². The largest absolute Gasteiger partial charge is 0.475 e. The maximum Gasteiger partial charge on any atom is 0.219 e.